The number of carbonyl (C=O) groups is 2. The Morgan fingerprint density at radius 1 is 0.606 bits per heavy atom. The van der Waals surface area contributed by atoms with Gasteiger partial charge in [-0.1, -0.05) is 12.1 Å². The second kappa shape index (κ2) is 9.36. The summed E-state index contributed by atoms with van der Waals surface area (Å²) >= 11 is 8.07. The molecule has 0 radical (unpaired) electrons. The molecule has 0 atom stereocenters. The first-order valence-electron chi connectivity index (χ1n) is 9.85. The van der Waals surface area contributed by atoms with Gasteiger partial charge in [-0.2, -0.15) is 0 Å². The summed E-state index contributed by atoms with van der Waals surface area (Å²) in [6, 6.07) is 16.1. The molecule has 0 aliphatic carbocycles. The summed E-state index contributed by atoms with van der Waals surface area (Å²) in [4.78, 5) is 31.3. The normalized spacial score (nSPS) is 11.2. The lowest BCUT2D eigenvalue weighted by Gasteiger charge is -1.99. The Bertz CT molecular complexity index is 1310. The van der Waals surface area contributed by atoms with Gasteiger partial charge in [-0.3, -0.25) is 9.59 Å². The predicted molar refractivity (Wildman–Crippen MR) is 140 cm³/mol. The smallest absolute Gasteiger partial charge is 0.307 e. The third kappa shape index (κ3) is 4.73. The minimum Gasteiger partial charge on any atom is -0.481 e. The molecule has 0 spiro atoms. The summed E-state index contributed by atoms with van der Waals surface area (Å²) in [7, 11) is 0. The fraction of sp³-hybridized carbons (Fsp3) is 0.0833. The standard InChI is InChI=1S/C24H16O4S5/c25-21(26)11-13-9-19(15-3-1-7-29-15)32-23(13)17-5-6-18(31-17)24-14(12-22(27)28)10-20(33-24)16-4-2-8-30-16/h1-10H,11-12H2,(H,25,26)(H,27,28). The van der Waals surface area contributed by atoms with E-state index in [0.717, 1.165) is 50.1 Å². The van der Waals surface area contributed by atoms with Crippen LogP contribution >= 0.6 is 56.7 Å². The van der Waals surface area contributed by atoms with Crippen LogP contribution in [-0.2, 0) is 22.4 Å². The van der Waals surface area contributed by atoms with Gasteiger partial charge < -0.3 is 10.2 Å². The SMILES string of the molecule is O=C(O)Cc1cc(-c2cccs2)sc1-c1ccc(-c2sc(-c3cccs3)cc2CC(=O)O)s1. The van der Waals surface area contributed by atoms with Gasteiger partial charge in [0.15, 0.2) is 0 Å². The number of carboxylic acid groups (broad SMARTS) is 2. The van der Waals surface area contributed by atoms with Crippen molar-refractivity contribution in [2.24, 2.45) is 0 Å². The van der Waals surface area contributed by atoms with Crippen molar-refractivity contribution in [1.29, 1.82) is 0 Å². The highest BCUT2D eigenvalue weighted by Crippen LogP contribution is 2.47. The van der Waals surface area contributed by atoms with E-state index in [-0.39, 0.29) is 12.8 Å². The molecule has 0 aliphatic rings. The Morgan fingerprint density at radius 2 is 1.06 bits per heavy atom. The molecule has 5 aromatic heterocycles. The highest BCUT2D eigenvalue weighted by molar-refractivity contribution is 7.29. The van der Waals surface area contributed by atoms with Crippen LogP contribution in [0.4, 0.5) is 0 Å². The molecule has 5 rings (SSSR count). The van der Waals surface area contributed by atoms with E-state index in [2.05, 4.69) is 0 Å². The number of hydrogen-bond acceptors (Lipinski definition) is 7. The molecule has 166 valence electrons. The summed E-state index contributed by atoms with van der Waals surface area (Å²) in [5, 5.41) is 22.9. The Hall–Kier alpha value is -2.56. The lowest BCUT2D eigenvalue weighted by Crippen LogP contribution is -1.99. The lowest BCUT2D eigenvalue weighted by molar-refractivity contribution is -0.137. The molecule has 9 heteroatoms. The van der Waals surface area contributed by atoms with Gasteiger partial charge in [0.1, 0.15) is 0 Å². The van der Waals surface area contributed by atoms with Gasteiger partial charge in [0, 0.05) is 39.0 Å². The molecule has 0 amide bonds. The van der Waals surface area contributed by atoms with E-state index in [1.54, 1.807) is 56.7 Å². The van der Waals surface area contributed by atoms with Crippen LogP contribution in [0, 0.1) is 0 Å². The van der Waals surface area contributed by atoms with Crippen molar-refractivity contribution < 1.29 is 19.8 Å². The quantitative estimate of drug-likeness (QED) is 0.215. The van der Waals surface area contributed by atoms with Crippen LogP contribution in [0.25, 0.3) is 39.0 Å². The monoisotopic (exact) mass is 528 g/mol. The topological polar surface area (TPSA) is 74.6 Å². The average molecular weight is 529 g/mol. The zero-order valence-electron chi connectivity index (χ0n) is 16.9. The molecule has 0 aliphatic heterocycles. The van der Waals surface area contributed by atoms with Crippen LogP contribution in [0.3, 0.4) is 0 Å². The summed E-state index contributed by atoms with van der Waals surface area (Å²) in [5.74, 6) is -1.71. The average Bonchev–Trinajstić information content (AvgIpc) is 3.57. The summed E-state index contributed by atoms with van der Waals surface area (Å²) < 4.78 is 0. The first-order valence-corrected chi connectivity index (χ1v) is 14.1. The van der Waals surface area contributed by atoms with E-state index >= 15 is 0 Å². The molecule has 0 saturated carbocycles. The third-order valence-corrected chi connectivity index (χ3v) is 10.8. The minimum absolute atomic E-state index is 0.0315. The fourth-order valence-electron chi connectivity index (χ4n) is 3.53. The largest absolute Gasteiger partial charge is 0.481 e. The zero-order valence-corrected chi connectivity index (χ0v) is 21.0. The predicted octanol–water partition coefficient (Wildman–Crippen LogP) is 7.92. The van der Waals surface area contributed by atoms with E-state index in [0.29, 0.717) is 0 Å². The number of rotatable bonds is 8. The van der Waals surface area contributed by atoms with Crippen molar-refractivity contribution >= 4 is 68.6 Å². The maximum atomic E-state index is 11.5. The highest BCUT2D eigenvalue weighted by atomic mass is 32.1. The molecular formula is C24H16O4S5. The van der Waals surface area contributed by atoms with Gasteiger partial charge in [0.05, 0.1) is 12.8 Å². The van der Waals surface area contributed by atoms with E-state index in [1.165, 1.54) is 0 Å². The van der Waals surface area contributed by atoms with Gasteiger partial charge in [0.25, 0.3) is 0 Å². The molecular weight excluding hydrogens is 513 g/mol. The van der Waals surface area contributed by atoms with E-state index in [1.807, 2.05) is 59.3 Å². The summed E-state index contributed by atoms with van der Waals surface area (Å²) in [6.07, 6.45) is -0.0630. The van der Waals surface area contributed by atoms with Crippen molar-refractivity contribution in [2.75, 3.05) is 0 Å². The molecule has 0 saturated heterocycles. The van der Waals surface area contributed by atoms with Gasteiger partial charge in [-0.05, 0) is 58.3 Å². The first-order chi connectivity index (χ1) is 16.0. The van der Waals surface area contributed by atoms with Crippen LogP contribution in [0.2, 0.25) is 0 Å². The Morgan fingerprint density at radius 3 is 1.42 bits per heavy atom. The number of thiophene rings is 5. The van der Waals surface area contributed by atoms with Crippen LogP contribution < -0.4 is 0 Å². The van der Waals surface area contributed by atoms with Crippen molar-refractivity contribution in [1.82, 2.24) is 0 Å². The highest BCUT2D eigenvalue weighted by Gasteiger charge is 2.20. The number of aliphatic carboxylic acids is 2. The van der Waals surface area contributed by atoms with E-state index in [9.17, 15) is 19.8 Å². The second-order valence-corrected chi connectivity index (χ2v) is 12.3. The van der Waals surface area contributed by atoms with Gasteiger partial charge >= 0.3 is 11.9 Å². The molecule has 0 unspecified atom stereocenters. The maximum absolute atomic E-state index is 11.5. The second-order valence-electron chi connectivity index (χ2n) is 7.19. The molecule has 2 N–H and O–H groups in total. The maximum Gasteiger partial charge on any atom is 0.307 e. The molecule has 5 aromatic rings. The molecule has 0 aromatic carbocycles. The van der Waals surface area contributed by atoms with E-state index < -0.39 is 11.9 Å². The van der Waals surface area contributed by atoms with Crippen LogP contribution in [0.15, 0.2) is 59.3 Å². The zero-order chi connectivity index (χ0) is 22.9. The fourth-order valence-corrected chi connectivity index (χ4v) is 8.83. The van der Waals surface area contributed by atoms with Crippen LogP contribution in [0.1, 0.15) is 11.1 Å². The molecule has 0 fully saturated rings. The number of carboxylic acids is 2. The van der Waals surface area contributed by atoms with Crippen LogP contribution in [0.5, 0.6) is 0 Å². The first kappa shape index (κ1) is 22.2. The minimum atomic E-state index is -0.855. The van der Waals surface area contributed by atoms with Gasteiger partial charge in [-0.25, -0.2) is 0 Å². The molecule has 4 nitrogen and oxygen atoms in total. The van der Waals surface area contributed by atoms with Gasteiger partial charge in [-0.15, -0.1) is 56.7 Å². The Kier molecular flexibility index (Phi) is 6.31. The molecule has 0 bridgehead atoms. The molecule has 5 heterocycles. The van der Waals surface area contributed by atoms with Crippen molar-refractivity contribution in [3.8, 4) is 39.0 Å². The Balaban J connectivity index is 1.56. The van der Waals surface area contributed by atoms with Crippen molar-refractivity contribution in [3.63, 3.8) is 0 Å². The molecule has 33 heavy (non-hydrogen) atoms. The lowest BCUT2D eigenvalue weighted by atomic mass is 10.1. The number of hydrogen-bond donors (Lipinski definition) is 2. The third-order valence-electron chi connectivity index (χ3n) is 4.88. The van der Waals surface area contributed by atoms with E-state index in [4.69, 9.17) is 0 Å². The summed E-state index contributed by atoms with van der Waals surface area (Å²) in [6.45, 7) is 0. The van der Waals surface area contributed by atoms with Crippen LogP contribution in [-0.4, -0.2) is 22.2 Å². The summed E-state index contributed by atoms with van der Waals surface area (Å²) in [5.41, 5.74) is 1.61. The van der Waals surface area contributed by atoms with Crippen molar-refractivity contribution in [2.45, 2.75) is 12.8 Å². The Labute approximate surface area is 209 Å². The van der Waals surface area contributed by atoms with Crippen molar-refractivity contribution in [3.05, 3.63) is 70.4 Å². The van der Waals surface area contributed by atoms with Gasteiger partial charge in [0.2, 0.25) is 0 Å².